The predicted molar refractivity (Wildman–Crippen MR) is 111 cm³/mol. The molecular weight excluding hydrogens is 408 g/mol. The standard InChI is InChI=1S/C19H32N6O6/c1-5-9(2)15(25-17(28)14(20)11(4)26)18(29)23-10(3)16(27)24-13(19(30)31)6-12-7-21-8-22-12/h7-11,13-15,26H,5-6,20H2,1-4H3,(H,21,22)(H,23,29)(H,24,27)(H,25,28)(H,30,31). The number of aliphatic hydroxyl groups is 1. The monoisotopic (exact) mass is 440 g/mol. The normalized spacial score (nSPS) is 16.8. The van der Waals surface area contributed by atoms with E-state index in [1.807, 2.05) is 6.92 Å². The van der Waals surface area contributed by atoms with Crippen LogP contribution in [0.4, 0.5) is 0 Å². The van der Waals surface area contributed by atoms with E-state index in [4.69, 9.17) is 5.73 Å². The van der Waals surface area contributed by atoms with Gasteiger partial charge in [-0.3, -0.25) is 14.4 Å². The molecule has 0 saturated heterocycles. The number of carboxylic acids is 1. The van der Waals surface area contributed by atoms with Crippen molar-refractivity contribution in [2.75, 3.05) is 0 Å². The summed E-state index contributed by atoms with van der Waals surface area (Å²) in [4.78, 5) is 55.4. The highest BCUT2D eigenvalue weighted by Crippen LogP contribution is 2.09. The molecule has 8 N–H and O–H groups in total. The van der Waals surface area contributed by atoms with Crippen molar-refractivity contribution in [2.24, 2.45) is 11.7 Å². The highest BCUT2D eigenvalue weighted by atomic mass is 16.4. The van der Waals surface area contributed by atoms with Crippen LogP contribution in [0.5, 0.6) is 0 Å². The molecule has 0 bridgehead atoms. The van der Waals surface area contributed by atoms with Gasteiger partial charge in [0.05, 0.1) is 12.4 Å². The molecule has 0 spiro atoms. The predicted octanol–water partition coefficient (Wildman–Crippen LogP) is -1.73. The molecule has 1 rings (SSSR count). The fourth-order valence-electron chi connectivity index (χ4n) is 2.65. The number of aromatic amines is 1. The number of imidazole rings is 1. The Bertz CT molecular complexity index is 753. The maximum atomic E-state index is 12.7. The second-order valence-electron chi connectivity index (χ2n) is 7.55. The summed E-state index contributed by atoms with van der Waals surface area (Å²) in [5.74, 6) is -3.54. The van der Waals surface area contributed by atoms with E-state index < -0.39 is 54.0 Å². The van der Waals surface area contributed by atoms with E-state index >= 15 is 0 Å². The molecule has 1 heterocycles. The average Bonchev–Trinajstić information content (AvgIpc) is 3.22. The highest BCUT2D eigenvalue weighted by molar-refractivity contribution is 5.94. The van der Waals surface area contributed by atoms with Crippen LogP contribution in [0.2, 0.25) is 0 Å². The summed E-state index contributed by atoms with van der Waals surface area (Å²) in [6.07, 6.45) is 2.28. The van der Waals surface area contributed by atoms with Gasteiger partial charge in [-0.2, -0.15) is 0 Å². The first-order chi connectivity index (χ1) is 14.5. The zero-order valence-corrected chi connectivity index (χ0v) is 18.1. The first-order valence-electron chi connectivity index (χ1n) is 10.0. The number of carbonyl (C=O) groups is 4. The lowest BCUT2D eigenvalue weighted by molar-refractivity contribution is -0.142. The third-order valence-electron chi connectivity index (χ3n) is 4.96. The molecule has 31 heavy (non-hydrogen) atoms. The Kier molecular flexibility index (Phi) is 10.1. The summed E-state index contributed by atoms with van der Waals surface area (Å²) in [6.45, 7) is 6.33. The molecule has 6 atom stereocenters. The quantitative estimate of drug-likeness (QED) is 0.199. The van der Waals surface area contributed by atoms with Gasteiger partial charge in [0.15, 0.2) is 0 Å². The van der Waals surface area contributed by atoms with Gasteiger partial charge in [0.2, 0.25) is 17.7 Å². The SMILES string of the molecule is CCC(C)C(NC(=O)C(N)C(C)O)C(=O)NC(C)C(=O)NC(Cc1cnc[nH]1)C(=O)O. The van der Waals surface area contributed by atoms with Crippen LogP contribution < -0.4 is 21.7 Å². The molecule has 0 saturated carbocycles. The van der Waals surface area contributed by atoms with Gasteiger partial charge in [-0.05, 0) is 19.8 Å². The minimum Gasteiger partial charge on any atom is -0.480 e. The van der Waals surface area contributed by atoms with E-state index in [1.54, 1.807) is 6.92 Å². The smallest absolute Gasteiger partial charge is 0.326 e. The third kappa shape index (κ3) is 7.98. The number of H-pyrrole nitrogens is 1. The molecule has 0 aliphatic rings. The number of hydrogen-bond donors (Lipinski definition) is 7. The van der Waals surface area contributed by atoms with E-state index in [1.165, 1.54) is 26.4 Å². The van der Waals surface area contributed by atoms with Crippen molar-refractivity contribution in [3.05, 3.63) is 18.2 Å². The number of hydrogen-bond acceptors (Lipinski definition) is 7. The first kappa shape index (κ1) is 26.0. The van der Waals surface area contributed by atoms with Crippen LogP contribution in [0, 0.1) is 5.92 Å². The summed E-state index contributed by atoms with van der Waals surface area (Å²) < 4.78 is 0. The van der Waals surface area contributed by atoms with Crippen molar-refractivity contribution in [1.29, 1.82) is 0 Å². The lowest BCUT2D eigenvalue weighted by atomic mass is 9.97. The Labute approximate surface area is 180 Å². The molecule has 0 aliphatic heterocycles. The van der Waals surface area contributed by atoms with Gasteiger partial charge in [-0.25, -0.2) is 9.78 Å². The van der Waals surface area contributed by atoms with E-state index in [9.17, 15) is 29.4 Å². The zero-order chi connectivity index (χ0) is 23.7. The summed E-state index contributed by atoms with van der Waals surface area (Å²) in [5, 5.41) is 26.2. The van der Waals surface area contributed by atoms with Crippen LogP contribution in [0.15, 0.2) is 12.5 Å². The van der Waals surface area contributed by atoms with Gasteiger partial charge < -0.3 is 36.9 Å². The molecule has 0 fully saturated rings. The number of amides is 3. The van der Waals surface area contributed by atoms with Gasteiger partial charge in [0, 0.05) is 18.3 Å². The zero-order valence-electron chi connectivity index (χ0n) is 18.1. The second-order valence-corrected chi connectivity index (χ2v) is 7.55. The molecule has 1 aromatic rings. The number of nitrogens with two attached hydrogens (primary N) is 1. The number of aliphatic carboxylic acids is 1. The van der Waals surface area contributed by atoms with Crippen molar-refractivity contribution in [1.82, 2.24) is 25.9 Å². The van der Waals surface area contributed by atoms with Gasteiger partial charge in [-0.1, -0.05) is 20.3 Å². The van der Waals surface area contributed by atoms with Crippen molar-refractivity contribution in [3.8, 4) is 0 Å². The van der Waals surface area contributed by atoms with Crippen molar-refractivity contribution in [2.45, 2.75) is 70.8 Å². The Hall–Kier alpha value is -2.99. The molecule has 174 valence electrons. The Balaban J connectivity index is 2.78. The molecule has 0 aliphatic carbocycles. The topological polar surface area (TPSA) is 200 Å². The van der Waals surface area contributed by atoms with Crippen LogP contribution >= 0.6 is 0 Å². The number of aromatic nitrogens is 2. The number of nitrogens with one attached hydrogen (secondary N) is 4. The Morgan fingerprint density at radius 1 is 1.10 bits per heavy atom. The maximum Gasteiger partial charge on any atom is 0.326 e. The van der Waals surface area contributed by atoms with Crippen LogP contribution in [0.3, 0.4) is 0 Å². The number of carboxylic acid groups (broad SMARTS) is 1. The number of aliphatic hydroxyl groups excluding tert-OH is 1. The van der Waals surface area contributed by atoms with Gasteiger partial charge in [-0.15, -0.1) is 0 Å². The first-order valence-corrected chi connectivity index (χ1v) is 10.0. The lowest BCUT2D eigenvalue weighted by Crippen LogP contribution is -2.59. The number of carbonyl (C=O) groups excluding carboxylic acids is 3. The molecule has 1 aromatic heterocycles. The summed E-state index contributed by atoms with van der Waals surface area (Å²) in [5.41, 5.74) is 6.14. The molecule has 12 heteroatoms. The molecular formula is C19H32N6O6. The molecule has 0 radical (unpaired) electrons. The minimum atomic E-state index is -1.24. The lowest BCUT2D eigenvalue weighted by Gasteiger charge is -2.27. The summed E-state index contributed by atoms with van der Waals surface area (Å²) in [6, 6.07) is -4.48. The van der Waals surface area contributed by atoms with Gasteiger partial charge >= 0.3 is 5.97 Å². The van der Waals surface area contributed by atoms with Crippen molar-refractivity contribution < 1.29 is 29.4 Å². The average molecular weight is 441 g/mol. The van der Waals surface area contributed by atoms with E-state index in [0.717, 1.165) is 0 Å². The fourth-order valence-corrected chi connectivity index (χ4v) is 2.65. The van der Waals surface area contributed by atoms with Gasteiger partial charge in [0.1, 0.15) is 24.2 Å². The number of nitrogens with zero attached hydrogens (tertiary/aromatic N) is 1. The highest BCUT2D eigenvalue weighted by Gasteiger charge is 2.31. The van der Waals surface area contributed by atoms with Gasteiger partial charge in [0.25, 0.3) is 0 Å². The van der Waals surface area contributed by atoms with E-state index in [2.05, 4.69) is 25.9 Å². The maximum absolute atomic E-state index is 12.7. The largest absolute Gasteiger partial charge is 0.480 e. The number of rotatable bonds is 12. The molecule has 0 aromatic carbocycles. The van der Waals surface area contributed by atoms with Crippen LogP contribution in [-0.2, 0) is 25.6 Å². The summed E-state index contributed by atoms with van der Waals surface area (Å²) in [7, 11) is 0. The van der Waals surface area contributed by atoms with E-state index in [-0.39, 0.29) is 12.3 Å². The van der Waals surface area contributed by atoms with Crippen LogP contribution in [0.1, 0.15) is 39.8 Å². The van der Waals surface area contributed by atoms with E-state index in [0.29, 0.717) is 12.1 Å². The van der Waals surface area contributed by atoms with Crippen molar-refractivity contribution >= 4 is 23.7 Å². The van der Waals surface area contributed by atoms with Crippen LogP contribution in [0.25, 0.3) is 0 Å². The molecule has 12 nitrogen and oxygen atoms in total. The second kappa shape index (κ2) is 12.0. The molecule has 6 unspecified atom stereocenters. The molecule has 3 amide bonds. The van der Waals surface area contributed by atoms with Crippen LogP contribution in [-0.4, -0.2) is 74.1 Å². The minimum absolute atomic E-state index is 0.00940. The third-order valence-corrected chi connectivity index (χ3v) is 4.96. The van der Waals surface area contributed by atoms with Crippen molar-refractivity contribution in [3.63, 3.8) is 0 Å². The Morgan fingerprint density at radius 2 is 1.74 bits per heavy atom. The fraction of sp³-hybridized carbons (Fsp3) is 0.632. The Morgan fingerprint density at radius 3 is 2.23 bits per heavy atom. The summed E-state index contributed by atoms with van der Waals surface area (Å²) >= 11 is 0.